The highest BCUT2D eigenvalue weighted by molar-refractivity contribution is 6.05. The molecule has 192 valence electrons. The van der Waals surface area contributed by atoms with Crippen molar-refractivity contribution in [1.82, 2.24) is 33.2 Å². The second kappa shape index (κ2) is 9.80. The van der Waals surface area contributed by atoms with Crippen molar-refractivity contribution >= 4 is 41.0 Å². The molecule has 0 saturated heterocycles. The molecular weight excluding hydrogens is 484 g/mol. The quantitative estimate of drug-likeness (QED) is 0.307. The molecule has 3 amide bonds. The van der Waals surface area contributed by atoms with Gasteiger partial charge in [0.2, 0.25) is 11.6 Å². The van der Waals surface area contributed by atoms with E-state index in [0.29, 0.717) is 5.69 Å². The first-order chi connectivity index (χ1) is 17.6. The number of amides is 3. The lowest BCUT2D eigenvalue weighted by molar-refractivity contribution is 0.0589. The van der Waals surface area contributed by atoms with Gasteiger partial charge in [0.05, 0.1) is 12.8 Å². The number of ether oxygens (including phenoxy) is 1. The number of methoxy groups -OCH3 is 1. The zero-order valence-electron chi connectivity index (χ0n) is 20.6. The van der Waals surface area contributed by atoms with Gasteiger partial charge in [-0.1, -0.05) is 0 Å². The van der Waals surface area contributed by atoms with Gasteiger partial charge in [-0.15, -0.1) is 0 Å². The molecule has 0 fully saturated rings. The summed E-state index contributed by atoms with van der Waals surface area (Å²) < 4.78 is 10.7. The van der Waals surface area contributed by atoms with Crippen molar-refractivity contribution in [2.75, 3.05) is 23.1 Å². The summed E-state index contributed by atoms with van der Waals surface area (Å²) in [5.74, 6) is -1.69. The number of carbonyl (C=O) groups excluding carboxylic acids is 4. The number of aromatic nitrogens is 7. The van der Waals surface area contributed by atoms with Crippen LogP contribution in [0.1, 0.15) is 42.3 Å². The lowest BCUT2D eigenvalue weighted by Crippen LogP contribution is -2.18. The van der Waals surface area contributed by atoms with Crippen molar-refractivity contribution in [3.05, 3.63) is 60.2 Å². The SMILES string of the molecule is COC(=O)c1cc(NC(=O)c2nc(NC(=O)c3nc(NC(=O)c4nccn4C)cn3C)cn2C)cn1C. The number of nitrogens with zero attached hydrogens (tertiary/aromatic N) is 7. The maximum atomic E-state index is 12.8. The number of carbonyl (C=O) groups is 4. The maximum absolute atomic E-state index is 12.8. The second-order valence-electron chi connectivity index (χ2n) is 8.06. The number of nitrogens with one attached hydrogen (secondary N) is 3. The Bertz CT molecular complexity index is 1520. The van der Waals surface area contributed by atoms with E-state index in [-0.39, 0.29) is 34.8 Å². The lowest BCUT2D eigenvalue weighted by atomic mass is 10.4. The third-order valence-corrected chi connectivity index (χ3v) is 5.32. The molecule has 3 N–H and O–H groups in total. The summed E-state index contributed by atoms with van der Waals surface area (Å²) in [7, 11) is 7.78. The fourth-order valence-corrected chi connectivity index (χ4v) is 3.53. The van der Waals surface area contributed by atoms with Crippen LogP contribution in [0.3, 0.4) is 0 Å². The molecule has 0 aromatic carbocycles. The third-order valence-electron chi connectivity index (χ3n) is 5.32. The Labute approximate surface area is 210 Å². The molecule has 0 aliphatic carbocycles. The standard InChI is InChI=1S/C22H24N10O5/c1-29-7-6-23-16(29)19(33)27-14-10-32(4)18(26-14)21(35)28-15-11-31(3)17(25-15)20(34)24-12-8-13(22(36)37-5)30(2)9-12/h6-11H,1-5H3,(H,24,34)(H,27,33)(H,28,35). The van der Waals surface area contributed by atoms with E-state index in [0.717, 1.165) is 0 Å². The number of aryl methyl sites for hydroxylation is 4. The van der Waals surface area contributed by atoms with Crippen LogP contribution in [0, 0.1) is 0 Å². The average Bonchev–Trinajstić information content (AvgIpc) is 3.60. The minimum absolute atomic E-state index is 0.00594. The molecule has 4 aromatic heterocycles. The molecular formula is C22H24N10O5. The maximum Gasteiger partial charge on any atom is 0.354 e. The van der Waals surface area contributed by atoms with Crippen LogP contribution in [0.4, 0.5) is 17.3 Å². The van der Waals surface area contributed by atoms with Crippen molar-refractivity contribution < 1.29 is 23.9 Å². The predicted octanol–water partition coefficient (Wildman–Crippen LogP) is 0.769. The van der Waals surface area contributed by atoms with Crippen molar-refractivity contribution in [2.45, 2.75) is 0 Å². The number of hydrogen-bond acceptors (Lipinski definition) is 8. The van der Waals surface area contributed by atoms with Gasteiger partial charge in [-0.05, 0) is 6.07 Å². The van der Waals surface area contributed by atoms with Gasteiger partial charge in [0.25, 0.3) is 17.7 Å². The molecule has 0 bridgehead atoms. The van der Waals surface area contributed by atoms with E-state index in [2.05, 4.69) is 30.9 Å². The van der Waals surface area contributed by atoms with Crippen molar-refractivity contribution in [1.29, 1.82) is 0 Å². The normalized spacial score (nSPS) is 10.7. The summed E-state index contributed by atoms with van der Waals surface area (Å²) in [6.07, 6.45) is 7.63. The zero-order chi connectivity index (χ0) is 26.9. The molecule has 4 aromatic rings. The first kappa shape index (κ1) is 24.9. The number of imidazole rings is 3. The minimum atomic E-state index is -0.601. The average molecular weight is 508 g/mol. The summed E-state index contributed by atoms with van der Waals surface area (Å²) in [5.41, 5.74) is 0.630. The molecule has 0 radical (unpaired) electrons. The van der Waals surface area contributed by atoms with Crippen LogP contribution in [0.2, 0.25) is 0 Å². The summed E-state index contributed by atoms with van der Waals surface area (Å²) >= 11 is 0. The summed E-state index contributed by atoms with van der Waals surface area (Å²) in [5, 5.41) is 7.84. The van der Waals surface area contributed by atoms with Gasteiger partial charge in [0, 0.05) is 59.2 Å². The van der Waals surface area contributed by atoms with Gasteiger partial charge >= 0.3 is 5.97 Å². The largest absolute Gasteiger partial charge is 0.464 e. The third kappa shape index (κ3) is 5.09. The van der Waals surface area contributed by atoms with Crippen LogP contribution < -0.4 is 16.0 Å². The molecule has 15 heteroatoms. The number of rotatable bonds is 7. The molecule has 0 aliphatic rings. The van der Waals surface area contributed by atoms with E-state index in [1.807, 2.05) is 0 Å². The Morgan fingerprint density at radius 2 is 1.27 bits per heavy atom. The Morgan fingerprint density at radius 3 is 1.78 bits per heavy atom. The summed E-state index contributed by atoms with van der Waals surface area (Å²) in [6, 6.07) is 1.47. The van der Waals surface area contributed by atoms with E-state index < -0.39 is 23.7 Å². The molecule has 4 rings (SSSR count). The van der Waals surface area contributed by atoms with Crippen molar-refractivity contribution in [2.24, 2.45) is 28.2 Å². The molecule has 37 heavy (non-hydrogen) atoms. The first-order valence-electron chi connectivity index (χ1n) is 10.8. The number of esters is 1. The highest BCUT2D eigenvalue weighted by Crippen LogP contribution is 2.17. The fraction of sp³-hybridized carbons (Fsp3) is 0.227. The van der Waals surface area contributed by atoms with Crippen molar-refractivity contribution in [3.8, 4) is 0 Å². The van der Waals surface area contributed by atoms with E-state index in [1.54, 1.807) is 45.2 Å². The fourth-order valence-electron chi connectivity index (χ4n) is 3.53. The highest BCUT2D eigenvalue weighted by Gasteiger charge is 2.21. The molecule has 4 heterocycles. The minimum Gasteiger partial charge on any atom is -0.464 e. The van der Waals surface area contributed by atoms with Crippen LogP contribution in [0.15, 0.2) is 37.1 Å². The summed E-state index contributed by atoms with van der Waals surface area (Å²) in [6.45, 7) is 0. The number of hydrogen-bond donors (Lipinski definition) is 3. The highest BCUT2D eigenvalue weighted by atomic mass is 16.5. The van der Waals surface area contributed by atoms with E-state index in [4.69, 9.17) is 4.74 Å². The Hall–Kier alpha value is -5.21. The Balaban J connectivity index is 1.44. The molecule has 15 nitrogen and oxygen atoms in total. The zero-order valence-corrected chi connectivity index (χ0v) is 20.6. The van der Waals surface area contributed by atoms with Gasteiger partial charge in [0.1, 0.15) is 5.69 Å². The summed E-state index contributed by atoms with van der Waals surface area (Å²) in [4.78, 5) is 62.0. The van der Waals surface area contributed by atoms with Crippen LogP contribution in [-0.2, 0) is 32.9 Å². The van der Waals surface area contributed by atoms with Crippen LogP contribution in [-0.4, -0.2) is 64.0 Å². The molecule has 0 saturated carbocycles. The van der Waals surface area contributed by atoms with Gasteiger partial charge in [-0.2, -0.15) is 0 Å². The van der Waals surface area contributed by atoms with Crippen molar-refractivity contribution in [3.63, 3.8) is 0 Å². The van der Waals surface area contributed by atoms with E-state index >= 15 is 0 Å². The monoisotopic (exact) mass is 508 g/mol. The van der Waals surface area contributed by atoms with Gasteiger partial charge < -0.3 is 39.0 Å². The van der Waals surface area contributed by atoms with Gasteiger partial charge in [-0.3, -0.25) is 14.4 Å². The van der Waals surface area contributed by atoms with Crippen LogP contribution >= 0.6 is 0 Å². The molecule has 0 atom stereocenters. The lowest BCUT2D eigenvalue weighted by Gasteiger charge is -2.02. The first-order valence-corrected chi connectivity index (χ1v) is 10.8. The van der Waals surface area contributed by atoms with Crippen LogP contribution in [0.25, 0.3) is 0 Å². The second-order valence-corrected chi connectivity index (χ2v) is 8.06. The topological polar surface area (TPSA) is 172 Å². The molecule has 0 spiro atoms. The van der Waals surface area contributed by atoms with E-state index in [9.17, 15) is 19.2 Å². The smallest absolute Gasteiger partial charge is 0.354 e. The van der Waals surface area contributed by atoms with Gasteiger partial charge in [0.15, 0.2) is 17.5 Å². The Morgan fingerprint density at radius 1 is 0.730 bits per heavy atom. The number of anilines is 3. The molecule has 0 unspecified atom stereocenters. The van der Waals surface area contributed by atoms with Crippen LogP contribution in [0.5, 0.6) is 0 Å². The predicted molar refractivity (Wildman–Crippen MR) is 130 cm³/mol. The molecule has 0 aliphatic heterocycles. The van der Waals surface area contributed by atoms with Gasteiger partial charge in [-0.25, -0.2) is 19.7 Å². The van der Waals surface area contributed by atoms with E-state index in [1.165, 1.54) is 45.5 Å². The Kier molecular flexibility index (Phi) is 6.60.